The number of nitrogens with zero attached hydrogens (tertiary/aromatic N) is 3. The van der Waals surface area contributed by atoms with Gasteiger partial charge in [0.25, 0.3) is 0 Å². The van der Waals surface area contributed by atoms with Crippen LogP contribution in [0.1, 0.15) is 5.56 Å². The molecule has 1 aromatic carbocycles. The van der Waals surface area contributed by atoms with E-state index < -0.39 is 0 Å². The van der Waals surface area contributed by atoms with Crippen LogP contribution in [0.25, 0.3) is 0 Å². The van der Waals surface area contributed by atoms with Crippen molar-refractivity contribution in [1.82, 2.24) is 5.01 Å². The molecule has 0 aliphatic carbocycles. The molecule has 0 bridgehead atoms. The third-order valence-electron chi connectivity index (χ3n) is 3.20. The van der Waals surface area contributed by atoms with Gasteiger partial charge in [-0.15, -0.1) is 0 Å². The molecule has 1 aromatic rings. The highest BCUT2D eigenvalue weighted by Gasteiger charge is 2.28. The molecule has 2 aliphatic rings. The van der Waals surface area contributed by atoms with Crippen molar-refractivity contribution in [3.05, 3.63) is 47.2 Å². The van der Waals surface area contributed by atoms with E-state index in [1.54, 1.807) is 6.21 Å². The minimum absolute atomic E-state index is 0.0412. The van der Waals surface area contributed by atoms with Crippen LogP contribution in [-0.2, 0) is 11.2 Å². The summed E-state index contributed by atoms with van der Waals surface area (Å²) in [6, 6.07) is 10.0. The molecule has 0 unspecified atom stereocenters. The molecule has 5 nitrogen and oxygen atoms in total. The summed E-state index contributed by atoms with van der Waals surface area (Å²) in [5.74, 6) is 5.78. The molecule has 0 radical (unpaired) electrons. The van der Waals surface area contributed by atoms with Crippen LogP contribution in [0, 0.1) is 0 Å². The largest absolute Gasteiger partial charge is 0.290 e. The smallest absolute Gasteiger partial charge is 0.202 e. The number of Topliss-reactive ketones (excluding diaryl/α,β-unsaturated/α-hetero) is 1. The number of allylic oxidation sites excluding steroid dienone is 1. The van der Waals surface area contributed by atoms with Crippen molar-refractivity contribution >= 4 is 17.7 Å². The number of rotatable bonds is 2. The first-order valence-electron chi connectivity index (χ1n) is 6.13. The molecule has 2 aliphatic heterocycles. The van der Waals surface area contributed by atoms with E-state index in [9.17, 15) is 4.79 Å². The van der Waals surface area contributed by atoms with Gasteiger partial charge < -0.3 is 0 Å². The molecule has 0 fully saturated rings. The topological polar surface area (TPSA) is 71.0 Å². The van der Waals surface area contributed by atoms with Crippen molar-refractivity contribution in [3.63, 3.8) is 0 Å². The molecule has 0 atom stereocenters. The Kier molecular flexibility index (Phi) is 2.97. The van der Waals surface area contributed by atoms with E-state index in [-0.39, 0.29) is 12.3 Å². The molecule has 2 N–H and O–H groups in total. The monoisotopic (exact) mass is 254 g/mol. The molecular formula is C14H14N4O. The highest BCUT2D eigenvalue weighted by atomic mass is 16.1. The van der Waals surface area contributed by atoms with E-state index in [0.29, 0.717) is 18.8 Å². The molecule has 96 valence electrons. The molecular weight excluding hydrogens is 240 g/mol. The highest BCUT2D eigenvalue weighted by molar-refractivity contribution is 6.24. The Balaban J connectivity index is 1.95. The summed E-state index contributed by atoms with van der Waals surface area (Å²) < 4.78 is 0. The van der Waals surface area contributed by atoms with Crippen LogP contribution < -0.4 is 5.84 Å². The lowest BCUT2D eigenvalue weighted by Crippen LogP contribution is -2.41. The number of hydrogen-bond donors (Lipinski definition) is 1. The predicted molar refractivity (Wildman–Crippen MR) is 73.9 cm³/mol. The number of nitrogens with two attached hydrogens (primary N) is 1. The van der Waals surface area contributed by atoms with Crippen LogP contribution in [0.3, 0.4) is 0 Å². The van der Waals surface area contributed by atoms with Gasteiger partial charge in [-0.1, -0.05) is 30.3 Å². The fourth-order valence-electron chi connectivity index (χ4n) is 2.30. The molecule has 0 amide bonds. The fourth-order valence-corrected chi connectivity index (χ4v) is 2.30. The van der Waals surface area contributed by atoms with Crippen LogP contribution >= 0.6 is 0 Å². The number of aliphatic imine (C=N–C) groups is 2. The Morgan fingerprint density at radius 1 is 1.26 bits per heavy atom. The number of carbonyl (C=O) groups excluding carboxylic acids is 1. The maximum Gasteiger partial charge on any atom is 0.202 e. The Hall–Kier alpha value is -2.27. The highest BCUT2D eigenvalue weighted by Crippen LogP contribution is 2.19. The molecule has 0 aromatic heterocycles. The lowest BCUT2D eigenvalue weighted by Gasteiger charge is -2.27. The van der Waals surface area contributed by atoms with Gasteiger partial charge in [-0.05, 0) is 5.56 Å². The van der Waals surface area contributed by atoms with E-state index in [0.717, 1.165) is 16.8 Å². The molecule has 0 spiro atoms. The Morgan fingerprint density at radius 2 is 2.05 bits per heavy atom. The van der Waals surface area contributed by atoms with Gasteiger partial charge in [-0.2, -0.15) is 0 Å². The van der Waals surface area contributed by atoms with Crippen molar-refractivity contribution in [3.8, 4) is 0 Å². The summed E-state index contributed by atoms with van der Waals surface area (Å²) in [5.41, 5.74) is 3.33. The molecule has 5 heteroatoms. The van der Waals surface area contributed by atoms with Gasteiger partial charge >= 0.3 is 0 Å². The number of hydrazine groups is 1. The first-order valence-corrected chi connectivity index (χ1v) is 6.13. The minimum Gasteiger partial charge on any atom is -0.290 e. The number of ketones is 1. The number of hydrogen-bond acceptors (Lipinski definition) is 5. The maximum absolute atomic E-state index is 11.9. The summed E-state index contributed by atoms with van der Waals surface area (Å²) >= 11 is 0. The Bertz CT molecular complexity index is 601. The van der Waals surface area contributed by atoms with Crippen molar-refractivity contribution in [1.29, 1.82) is 0 Å². The van der Waals surface area contributed by atoms with Gasteiger partial charge in [-0.25, -0.2) is 5.84 Å². The average Bonchev–Trinajstić information content (AvgIpc) is 2.43. The number of dihydropyridines is 1. The van der Waals surface area contributed by atoms with Gasteiger partial charge in [0, 0.05) is 18.2 Å². The van der Waals surface area contributed by atoms with E-state index >= 15 is 0 Å². The van der Waals surface area contributed by atoms with Gasteiger partial charge in [0.1, 0.15) is 18.9 Å². The van der Waals surface area contributed by atoms with E-state index in [2.05, 4.69) is 9.98 Å². The van der Waals surface area contributed by atoms with Gasteiger partial charge in [0.05, 0.1) is 5.71 Å². The van der Waals surface area contributed by atoms with Crippen molar-refractivity contribution in [2.24, 2.45) is 15.8 Å². The first-order chi connectivity index (χ1) is 9.25. The molecule has 2 heterocycles. The van der Waals surface area contributed by atoms with E-state index in [1.807, 2.05) is 30.3 Å². The lowest BCUT2D eigenvalue weighted by molar-refractivity contribution is -0.115. The maximum atomic E-state index is 11.9. The molecule has 0 saturated heterocycles. The average molecular weight is 254 g/mol. The Labute approximate surface area is 111 Å². The second-order valence-electron chi connectivity index (χ2n) is 4.53. The summed E-state index contributed by atoms with van der Waals surface area (Å²) in [6.45, 7) is 0.492. The predicted octanol–water partition coefficient (Wildman–Crippen LogP) is 0.724. The Morgan fingerprint density at radius 3 is 2.84 bits per heavy atom. The number of benzene rings is 1. The van der Waals surface area contributed by atoms with Gasteiger partial charge in [-0.3, -0.25) is 19.8 Å². The zero-order chi connectivity index (χ0) is 13.2. The summed E-state index contributed by atoms with van der Waals surface area (Å²) in [4.78, 5) is 20.4. The van der Waals surface area contributed by atoms with E-state index in [4.69, 9.17) is 5.84 Å². The summed E-state index contributed by atoms with van der Waals surface area (Å²) in [7, 11) is 0. The second kappa shape index (κ2) is 4.78. The van der Waals surface area contributed by atoms with Crippen LogP contribution in [-0.4, -0.2) is 35.9 Å². The van der Waals surface area contributed by atoms with Crippen LogP contribution in [0.4, 0.5) is 0 Å². The van der Waals surface area contributed by atoms with Gasteiger partial charge in [0.2, 0.25) is 5.78 Å². The van der Waals surface area contributed by atoms with Crippen LogP contribution in [0.2, 0.25) is 0 Å². The minimum atomic E-state index is -0.0412. The van der Waals surface area contributed by atoms with Gasteiger partial charge in [0.15, 0.2) is 0 Å². The normalized spacial score (nSPS) is 18.5. The SMILES string of the molecule is NN1CN=CC2=C1C(=O)CN=C2Cc1ccccc1. The first kappa shape index (κ1) is 11.8. The third-order valence-corrected chi connectivity index (χ3v) is 3.20. The lowest BCUT2D eigenvalue weighted by atomic mass is 9.96. The zero-order valence-corrected chi connectivity index (χ0v) is 10.4. The van der Waals surface area contributed by atoms with Crippen molar-refractivity contribution in [2.45, 2.75) is 6.42 Å². The zero-order valence-electron chi connectivity index (χ0n) is 10.4. The number of carbonyl (C=O) groups is 1. The van der Waals surface area contributed by atoms with Crippen LogP contribution in [0.5, 0.6) is 0 Å². The molecule has 19 heavy (non-hydrogen) atoms. The fraction of sp³-hybridized carbons (Fsp3) is 0.214. The third kappa shape index (κ3) is 2.20. The molecule has 0 saturated carbocycles. The van der Waals surface area contributed by atoms with Crippen molar-refractivity contribution < 1.29 is 4.79 Å². The quantitative estimate of drug-likeness (QED) is 0.791. The summed E-state index contributed by atoms with van der Waals surface area (Å²) in [5, 5.41) is 1.40. The standard InChI is InChI=1S/C14H14N4O/c15-18-9-16-7-11-12(17-8-13(19)14(11)18)6-10-4-2-1-3-5-10/h1-5,7H,6,8-9,15H2. The van der Waals surface area contributed by atoms with Crippen LogP contribution in [0.15, 0.2) is 51.6 Å². The molecule has 3 rings (SSSR count). The van der Waals surface area contributed by atoms with Crippen molar-refractivity contribution in [2.75, 3.05) is 13.2 Å². The summed E-state index contributed by atoms with van der Waals surface area (Å²) in [6.07, 6.45) is 2.39. The second-order valence-corrected chi connectivity index (χ2v) is 4.53. The van der Waals surface area contributed by atoms with E-state index in [1.165, 1.54) is 5.01 Å².